The molecule has 1 aromatic rings. The molecule has 1 fully saturated rings. The molecule has 0 aliphatic carbocycles. The lowest BCUT2D eigenvalue weighted by molar-refractivity contribution is -0.114. The number of nitrogens with one attached hydrogen (secondary N) is 3. The SMILES string of the molecule is CC(=O)Nc1cc(C(=O)NCCN2CCNCC2)ccc1F.Cl. The quantitative estimate of drug-likeness (QED) is 0.740. The number of amides is 2. The van der Waals surface area contributed by atoms with E-state index in [9.17, 15) is 14.0 Å². The van der Waals surface area contributed by atoms with Crippen LogP contribution in [0.2, 0.25) is 0 Å². The van der Waals surface area contributed by atoms with E-state index in [0.717, 1.165) is 32.7 Å². The Kier molecular flexibility index (Phi) is 7.94. The number of halogens is 2. The molecule has 6 nitrogen and oxygen atoms in total. The second kappa shape index (κ2) is 9.44. The number of carbonyl (C=O) groups excluding carboxylic acids is 2. The van der Waals surface area contributed by atoms with Crippen molar-refractivity contribution in [2.45, 2.75) is 6.92 Å². The van der Waals surface area contributed by atoms with Crippen LogP contribution in [0.3, 0.4) is 0 Å². The van der Waals surface area contributed by atoms with Gasteiger partial charge in [-0.15, -0.1) is 12.4 Å². The third-order valence-electron chi connectivity index (χ3n) is 3.46. The molecule has 2 rings (SSSR count). The fourth-order valence-corrected chi connectivity index (χ4v) is 2.32. The summed E-state index contributed by atoms with van der Waals surface area (Å²) >= 11 is 0. The van der Waals surface area contributed by atoms with Gasteiger partial charge in [-0.25, -0.2) is 4.39 Å². The van der Waals surface area contributed by atoms with Crippen LogP contribution in [0.4, 0.5) is 10.1 Å². The lowest BCUT2D eigenvalue weighted by Crippen LogP contribution is -2.46. The van der Waals surface area contributed by atoms with Crippen molar-refractivity contribution in [2.75, 3.05) is 44.6 Å². The molecule has 0 aromatic heterocycles. The van der Waals surface area contributed by atoms with Crippen molar-refractivity contribution in [3.05, 3.63) is 29.6 Å². The predicted octanol–water partition coefficient (Wildman–Crippen LogP) is 0.841. The number of anilines is 1. The number of carbonyl (C=O) groups is 2. The first-order valence-corrected chi connectivity index (χ1v) is 7.34. The zero-order chi connectivity index (χ0) is 15.9. The molecule has 1 saturated heterocycles. The van der Waals surface area contributed by atoms with Crippen LogP contribution >= 0.6 is 12.4 Å². The van der Waals surface area contributed by atoms with Crippen LogP contribution in [0.1, 0.15) is 17.3 Å². The molecule has 1 aliphatic heterocycles. The van der Waals surface area contributed by atoms with Gasteiger partial charge >= 0.3 is 0 Å². The van der Waals surface area contributed by atoms with Crippen molar-refractivity contribution in [3.8, 4) is 0 Å². The molecular formula is C15H22ClFN4O2. The summed E-state index contributed by atoms with van der Waals surface area (Å²) in [6.07, 6.45) is 0. The Balaban J connectivity index is 0.00000264. The minimum atomic E-state index is -0.562. The third-order valence-corrected chi connectivity index (χ3v) is 3.46. The Morgan fingerprint density at radius 1 is 1.30 bits per heavy atom. The minimum absolute atomic E-state index is 0. The molecule has 1 aromatic carbocycles. The van der Waals surface area contributed by atoms with Gasteiger partial charge in [0.15, 0.2) is 0 Å². The average Bonchev–Trinajstić information content (AvgIpc) is 2.50. The number of piperazine rings is 1. The molecule has 23 heavy (non-hydrogen) atoms. The Hall–Kier alpha value is -1.70. The second-order valence-electron chi connectivity index (χ2n) is 5.22. The zero-order valence-corrected chi connectivity index (χ0v) is 13.8. The lowest BCUT2D eigenvalue weighted by atomic mass is 10.1. The number of hydrogen-bond acceptors (Lipinski definition) is 4. The van der Waals surface area contributed by atoms with Crippen LogP contribution in [0.5, 0.6) is 0 Å². The van der Waals surface area contributed by atoms with E-state index in [-0.39, 0.29) is 29.9 Å². The summed E-state index contributed by atoms with van der Waals surface area (Å²) in [6.45, 7) is 6.48. The molecule has 0 bridgehead atoms. The lowest BCUT2D eigenvalue weighted by Gasteiger charge is -2.27. The first kappa shape index (κ1) is 19.3. The maximum absolute atomic E-state index is 13.5. The number of benzene rings is 1. The van der Waals surface area contributed by atoms with Crippen LogP contribution < -0.4 is 16.0 Å². The van der Waals surface area contributed by atoms with Gasteiger partial charge in [-0.2, -0.15) is 0 Å². The van der Waals surface area contributed by atoms with Gasteiger partial charge in [-0.1, -0.05) is 0 Å². The van der Waals surface area contributed by atoms with Gasteiger partial charge in [0.2, 0.25) is 5.91 Å². The molecule has 1 heterocycles. The van der Waals surface area contributed by atoms with E-state index in [0.29, 0.717) is 12.1 Å². The Morgan fingerprint density at radius 3 is 2.65 bits per heavy atom. The maximum atomic E-state index is 13.5. The van der Waals surface area contributed by atoms with Gasteiger partial charge < -0.3 is 16.0 Å². The molecule has 128 valence electrons. The molecule has 8 heteroatoms. The Labute approximate surface area is 141 Å². The highest BCUT2D eigenvalue weighted by atomic mass is 35.5. The van der Waals surface area contributed by atoms with E-state index < -0.39 is 5.82 Å². The highest BCUT2D eigenvalue weighted by molar-refractivity contribution is 5.96. The molecule has 0 spiro atoms. The predicted molar refractivity (Wildman–Crippen MR) is 89.6 cm³/mol. The van der Waals surface area contributed by atoms with Crippen molar-refractivity contribution >= 4 is 29.9 Å². The highest BCUT2D eigenvalue weighted by Crippen LogP contribution is 2.16. The number of nitrogens with zero attached hydrogens (tertiary/aromatic N) is 1. The maximum Gasteiger partial charge on any atom is 0.251 e. The third kappa shape index (κ3) is 6.13. The van der Waals surface area contributed by atoms with Gasteiger partial charge in [0.1, 0.15) is 5.82 Å². The summed E-state index contributed by atoms with van der Waals surface area (Å²) in [5, 5.41) is 8.44. The van der Waals surface area contributed by atoms with Crippen molar-refractivity contribution in [1.82, 2.24) is 15.5 Å². The van der Waals surface area contributed by atoms with Gasteiger partial charge in [-0.05, 0) is 18.2 Å². The molecule has 0 radical (unpaired) electrons. The summed E-state index contributed by atoms with van der Waals surface area (Å²) in [5.41, 5.74) is 0.340. The molecule has 0 unspecified atom stereocenters. The minimum Gasteiger partial charge on any atom is -0.351 e. The Morgan fingerprint density at radius 2 is 2.00 bits per heavy atom. The van der Waals surface area contributed by atoms with Crippen molar-refractivity contribution in [1.29, 1.82) is 0 Å². The van der Waals surface area contributed by atoms with E-state index in [1.54, 1.807) is 0 Å². The van der Waals surface area contributed by atoms with E-state index in [4.69, 9.17) is 0 Å². The molecule has 0 saturated carbocycles. The van der Waals surface area contributed by atoms with Crippen molar-refractivity contribution in [3.63, 3.8) is 0 Å². The summed E-state index contributed by atoms with van der Waals surface area (Å²) in [4.78, 5) is 25.3. The largest absolute Gasteiger partial charge is 0.351 e. The summed E-state index contributed by atoms with van der Waals surface area (Å²) in [7, 11) is 0. The van der Waals surface area contributed by atoms with Gasteiger partial charge in [0, 0.05) is 51.8 Å². The fraction of sp³-hybridized carbons (Fsp3) is 0.467. The normalized spacial score (nSPS) is 14.7. The molecule has 2 amide bonds. The van der Waals surface area contributed by atoms with Gasteiger partial charge in [0.05, 0.1) is 5.69 Å². The molecule has 1 aliphatic rings. The number of rotatable bonds is 5. The van der Waals surface area contributed by atoms with E-state index in [1.165, 1.54) is 25.1 Å². The first-order chi connectivity index (χ1) is 10.6. The van der Waals surface area contributed by atoms with E-state index in [2.05, 4.69) is 20.9 Å². The van der Waals surface area contributed by atoms with Gasteiger partial charge in [-0.3, -0.25) is 14.5 Å². The summed E-state index contributed by atoms with van der Waals surface area (Å²) in [5.74, 6) is -1.22. The fourth-order valence-electron chi connectivity index (χ4n) is 2.32. The van der Waals surface area contributed by atoms with Crippen LogP contribution in [-0.4, -0.2) is 56.0 Å². The molecular weight excluding hydrogens is 323 g/mol. The zero-order valence-electron chi connectivity index (χ0n) is 13.0. The van der Waals surface area contributed by atoms with E-state index >= 15 is 0 Å². The first-order valence-electron chi connectivity index (χ1n) is 7.34. The van der Waals surface area contributed by atoms with Crippen LogP contribution in [0.25, 0.3) is 0 Å². The molecule has 3 N–H and O–H groups in total. The smallest absolute Gasteiger partial charge is 0.251 e. The highest BCUT2D eigenvalue weighted by Gasteiger charge is 2.12. The van der Waals surface area contributed by atoms with E-state index in [1.807, 2.05) is 0 Å². The van der Waals surface area contributed by atoms with Crippen LogP contribution in [0.15, 0.2) is 18.2 Å². The van der Waals surface area contributed by atoms with Crippen LogP contribution in [-0.2, 0) is 4.79 Å². The monoisotopic (exact) mass is 344 g/mol. The average molecular weight is 345 g/mol. The standard InChI is InChI=1S/C15H21FN4O2.ClH/c1-11(21)19-14-10-12(2-3-13(14)16)15(22)18-6-9-20-7-4-17-5-8-20;/h2-3,10,17H,4-9H2,1H3,(H,18,22)(H,19,21);1H. The summed E-state index contributed by atoms with van der Waals surface area (Å²) < 4.78 is 13.5. The van der Waals surface area contributed by atoms with Gasteiger partial charge in [0.25, 0.3) is 5.91 Å². The van der Waals surface area contributed by atoms with Crippen LogP contribution in [0, 0.1) is 5.82 Å². The second-order valence-corrected chi connectivity index (χ2v) is 5.22. The number of hydrogen-bond donors (Lipinski definition) is 3. The summed E-state index contributed by atoms with van der Waals surface area (Å²) in [6, 6.07) is 3.92. The van der Waals surface area contributed by atoms with Crippen molar-refractivity contribution in [2.24, 2.45) is 0 Å². The molecule has 0 atom stereocenters. The topological polar surface area (TPSA) is 73.5 Å². The van der Waals surface area contributed by atoms with Crippen molar-refractivity contribution < 1.29 is 14.0 Å². The Bertz CT molecular complexity index is 550.